The molecule has 0 saturated heterocycles. The van der Waals surface area contributed by atoms with Crippen molar-refractivity contribution in [3.8, 4) is 0 Å². The molecular weight excluding hydrogens is 429 g/mol. The van der Waals surface area contributed by atoms with Gasteiger partial charge in [0.1, 0.15) is 9.21 Å². The molecule has 2 aromatic rings. The van der Waals surface area contributed by atoms with Gasteiger partial charge in [-0.1, -0.05) is 11.6 Å². The highest BCUT2D eigenvalue weighted by Gasteiger charge is 2.14. The smallest absolute Gasteiger partial charge is 0.258 e. The summed E-state index contributed by atoms with van der Waals surface area (Å²) in [4.78, 5) is 21.4. The molecule has 8 heteroatoms. The maximum Gasteiger partial charge on any atom is 0.258 e. The average molecular weight is 438 g/mol. The first-order valence-corrected chi connectivity index (χ1v) is 8.53. The van der Waals surface area contributed by atoms with Gasteiger partial charge in [0.05, 0.1) is 16.8 Å². The van der Waals surface area contributed by atoms with Crippen LogP contribution in [-0.4, -0.2) is 22.1 Å². The number of nitrogens with one attached hydrogen (secondary N) is 1. The van der Waals surface area contributed by atoms with Gasteiger partial charge in [-0.05, 0) is 56.3 Å². The molecule has 0 aliphatic carbocycles. The van der Waals surface area contributed by atoms with Gasteiger partial charge in [0, 0.05) is 4.90 Å². The summed E-state index contributed by atoms with van der Waals surface area (Å²) in [6.07, 6.45) is 3.43. The summed E-state index contributed by atoms with van der Waals surface area (Å²) < 4.78 is 1.02. The Morgan fingerprint density at radius 3 is 2.80 bits per heavy atom. The Morgan fingerprint density at radius 1 is 1.40 bits per heavy atom. The highest BCUT2D eigenvalue weighted by atomic mass is 79.9. The topological polar surface area (TPSA) is 54.9 Å². The SMILES string of the molecule is CSc1ccc(Cl)c(C(=O)Nc2ncc(Br)nc2Br)c1. The molecule has 0 atom stereocenters. The van der Waals surface area contributed by atoms with E-state index in [9.17, 15) is 4.79 Å². The maximum atomic E-state index is 12.2. The van der Waals surface area contributed by atoms with Crippen LogP contribution in [0.4, 0.5) is 5.82 Å². The van der Waals surface area contributed by atoms with E-state index >= 15 is 0 Å². The van der Waals surface area contributed by atoms with Crippen LogP contribution in [0.25, 0.3) is 0 Å². The molecule has 1 heterocycles. The van der Waals surface area contributed by atoms with Crippen LogP contribution < -0.4 is 5.32 Å². The molecule has 1 amide bonds. The first-order valence-electron chi connectivity index (χ1n) is 5.34. The Bertz CT molecular complexity index is 669. The molecule has 2 rings (SSSR count). The number of benzene rings is 1. The highest BCUT2D eigenvalue weighted by Crippen LogP contribution is 2.25. The Labute approximate surface area is 142 Å². The maximum absolute atomic E-state index is 12.2. The van der Waals surface area contributed by atoms with Gasteiger partial charge in [0.2, 0.25) is 0 Å². The van der Waals surface area contributed by atoms with Crippen molar-refractivity contribution in [2.75, 3.05) is 11.6 Å². The molecule has 1 N–H and O–H groups in total. The Morgan fingerprint density at radius 2 is 2.15 bits per heavy atom. The van der Waals surface area contributed by atoms with Gasteiger partial charge >= 0.3 is 0 Å². The fraction of sp³-hybridized carbons (Fsp3) is 0.0833. The normalized spacial score (nSPS) is 10.4. The predicted octanol–water partition coefficient (Wildman–Crippen LogP) is 4.63. The first-order chi connectivity index (χ1) is 9.51. The molecule has 0 saturated carbocycles. The molecule has 104 valence electrons. The molecule has 0 spiro atoms. The van der Waals surface area contributed by atoms with Gasteiger partial charge in [0.25, 0.3) is 5.91 Å². The van der Waals surface area contributed by atoms with Crippen LogP contribution in [0.15, 0.2) is 38.5 Å². The fourth-order valence-corrected chi connectivity index (χ4v) is 2.96. The van der Waals surface area contributed by atoms with Crippen molar-refractivity contribution in [1.29, 1.82) is 0 Å². The molecule has 0 bridgehead atoms. The summed E-state index contributed by atoms with van der Waals surface area (Å²) in [5, 5.41) is 3.06. The van der Waals surface area contributed by atoms with Crippen molar-refractivity contribution in [3.63, 3.8) is 0 Å². The molecule has 0 radical (unpaired) electrons. The molecule has 4 nitrogen and oxygen atoms in total. The second kappa shape index (κ2) is 6.89. The summed E-state index contributed by atoms with van der Waals surface area (Å²) in [6.45, 7) is 0. The summed E-state index contributed by atoms with van der Waals surface area (Å²) in [5.74, 6) is 0.00652. The van der Waals surface area contributed by atoms with Gasteiger partial charge in [0.15, 0.2) is 5.82 Å². The van der Waals surface area contributed by atoms with Crippen LogP contribution in [0.1, 0.15) is 10.4 Å². The number of hydrogen-bond donors (Lipinski definition) is 1. The first kappa shape index (κ1) is 15.8. The quantitative estimate of drug-likeness (QED) is 0.712. The summed E-state index contributed by atoms with van der Waals surface area (Å²) in [6, 6.07) is 5.30. The Hall–Kier alpha value is -0.630. The van der Waals surface area contributed by atoms with Crippen molar-refractivity contribution in [2.24, 2.45) is 0 Å². The third kappa shape index (κ3) is 3.72. The lowest BCUT2D eigenvalue weighted by Gasteiger charge is -2.08. The summed E-state index contributed by atoms with van der Waals surface area (Å²) in [7, 11) is 0. The van der Waals surface area contributed by atoms with Crippen LogP contribution >= 0.6 is 55.2 Å². The molecule has 0 aliphatic rings. The molecule has 20 heavy (non-hydrogen) atoms. The lowest BCUT2D eigenvalue weighted by Crippen LogP contribution is -2.14. The van der Waals surface area contributed by atoms with Gasteiger partial charge < -0.3 is 5.32 Å². The third-order valence-corrected chi connectivity index (χ3v) is 4.34. The number of aromatic nitrogens is 2. The van der Waals surface area contributed by atoms with E-state index in [-0.39, 0.29) is 5.91 Å². The highest BCUT2D eigenvalue weighted by molar-refractivity contribution is 9.11. The number of carbonyl (C=O) groups is 1. The number of nitrogens with zero attached hydrogens (tertiary/aromatic N) is 2. The molecular formula is C12H8Br2ClN3OS. The van der Waals surface area contributed by atoms with Gasteiger partial charge in [-0.15, -0.1) is 11.8 Å². The third-order valence-electron chi connectivity index (χ3n) is 2.35. The summed E-state index contributed by atoms with van der Waals surface area (Å²) in [5.41, 5.74) is 0.398. The lowest BCUT2D eigenvalue weighted by molar-refractivity contribution is 0.102. The van der Waals surface area contributed by atoms with Crippen LogP contribution in [0, 0.1) is 0 Å². The minimum atomic E-state index is -0.330. The number of hydrogen-bond acceptors (Lipinski definition) is 4. The van der Waals surface area contributed by atoms with E-state index in [1.54, 1.807) is 12.1 Å². The van der Waals surface area contributed by atoms with Gasteiger partial charge in [-0.2, -0.15) is 0 Å². The number of rotatable bonds is 3. The Kier molecular flexibility index (Phi) is 5.42. The number of thioether (sulfide) groups is 1. The van der Waals surface area contributed by atoms with Crippen LogP contribution in [-0.2, 0) is 0 Å². The van der Waals surface area contributed by atoms with E-state index < -0.39 is 0 Å². The van der Waals surface area contributed by atoms with E-state index in [1.165, 1.54) is 18.0 Å². The largest absolute Gasteiger partial charge is 0.304 e. The monoisotopic (exact) mass is 435 g/mol. The number of amides is 1. The molecule has 0 fully saturated rings. The van der Waals surface area contributed by atoms with E-state index in [2.05, 4.69) is 47.1 Å². The zero-order valence-electron chi connectivity index (χ0n) is 10.2. The minimum Gasteiger partial charge on any atom is -0.304 e. The minimum absolute atomic E-state index is 0.330. The fourth-order valence-electron chi connectivity index (χ4n) is 1.41. The standard InChI is InChI=1S/C12H8Br2ClN3OS/c1-20-6-2-3-8(15)7(4-6)12(19)18-11-10(14)17-9(13)5-16-11/h2-5H,1H3,(H,16,18,19). The van der Waals surface area contributed by atoms with E-state index in [0.29, 0.717) is 25.6 Å². The van der Waals surface area contributed by atoms with E-state index in [1.807, 2.05) is 12.3 Å². The molecule has 0 aliphatic heterocycles. The van der Waals surface area contributed by atoms with Crippen LogP contribution in [0.2, 0.25) is 5.02 Å². The second-order valence-electron chi connectivity index (χ2n) is 3.63. The van der Waals surface area contributed by atoms with Crippen molar-refractivity contribution < 1.29 is 4.79 Å². The van der Waals surface area contributed by atoms with Crippen molar-refractivity contribution in [2.45, 2.75) is 4.90 Å². The molecule has 1 aromatic carbocycles. The zero-order valence-corrected chi connectivity index (χ0v) is 14.9. The Balaban J connectivity index is 2.28. The molecule has 0 unspecified atom stereocenters. The number of carbonyl (C=O) groups excluding carboxylic acids is 1. The lowest BCUT2D eigenvalue weighted by atomic mass is 10.2. The van der Waals surface area contributed by atoms with Crippen molar-refractivity contribution >= 4 is 66.9 Å². The van der Waals surface area contributed by atoms with E-state index in [0.717, 1.165) is 4.90 Å². The van der Waals surface area contributed by atoms with E-state index in [4.69, 9.17) is 11.6 Å². The molecule has 1 aromatic heterocycles. The number of halogens is 3. The van der Waals surface area contributed by atoms with Crippen molar-refractivity contribution in [1.82, 2.24) is 9.97 Å². The van der Waals surface area contributed by atoms with Crippen molar-refractivity contribution in [3.05, 3.63) is 44.2 Å². The van der Waals surface area contributed by atoms with Crippen LogP contribution in [0.5, 0.6) is 0 Å². The van der Waals surface area contributed by atoms with Crippen LogP contribution in [0.3, 0.4) is 0 Å². The van der Waals surface area contributed by atoms with Gasteiger partial charge in [-0.3, -0.25) is 4.79 Å². The number of anilines is 1. The zero-order chi connectivity index (χ0) is 14.7. The predicted molar refractivity (Wildman–Crippen MR) is 88.6 cm³/mol. The van der Waals surface area contributed by atoms with Gasteiger partial charge in [-0.25, -0.2) is 9.97 Å². The second-order valence-corrected chi connectivity index (χ2v) is 6.48. The summed E-state index contributed by atoms with van der Waals surface area (Å²) >= 11 is 14.0. The average Bonchev–Trinajstić information content (AvgIpc) is 2.42.